The minimum absolute atomic E-state index is 0.0442. The molecule has 0 spiro atoms. The van der Waals surface area contributed by atoms with Gasteiger partial charge in [0, 0.05) is 31.6 Å². The van der Waals surface area contributed by atoms with Crippen molar-refractivity contribution < 1.29 is 14.3 Å². The second-order valence-corrected chi connectivity index (χ2v) is 4.28. The average Bonchev–Trinajstić information content (AvgIpc) is 2.36. The second kappa shape index (κ2) is 7.53. The Morgan fingerprint density at radius 1 is 1.42 bits per heavy atom. The zero-order valence-corrected chi connectivity index (χ0v) is 11.2. The van der Waals surface area contributed by atoms with Crippen molar-refractivity contribution in [3.05, 3.63) is 41.8 Å². The van der Waals surface area contributed by atoms with Crippen molar-refractivity contribution in [2.45, 2.75) is 19.4 Å². The molecule has 19 heavy (non-hydrogen) atoms. The van der Waals surface area contributed by atoms with Crippen molar-refractivity contribution in [3.8, 4) is 0 Å². The summed E-state index contributed by atoms with van der Waals surface area (Å²) in [5.74, 6) is -0.621. The summed E-state index contributed by atoms with van der Waals surface area (Å²) in [6.07, 6.45) is 1.88. The van der Waals surface area contributed by atoms with Crippen LogP contribution in [0.4, 0.5) is 0 Å². The molecule has 103 valence electrons. The van der Waals surface area contributed by atoms with E-state index in [1.165, 1.54) is 0 Å². The van der Waals surface area contributed by atoms with Gasteiger partial charge in [-0.15, -0.1) is 0 Å². The molecule has 0 aliphatic rings. The number of benzene rings is 1. The first-order valence-corrected chi connectivity index (χ1v) is 6.05. The van der Waals surface area contributed by atoms with Gasteiger partial charge >= 0.3 is 0 Å². The summed E-state index contributed by atoms with van der Waals surface area (Å²) < 4.78 is 4.93. The van der Waals surface area contributed by atoms with E-state index >= 15 is 0 Å². The fourth-order valence-electron chi connectivity index (χ4n) is 1.73. The first-order valence-electron chi connectivity index (χ1n) is 6.05. The fraction of sp³-hybridized carbons (Fsp3) is 0.357. The molecule has 5 heteroatoms. The SMILES string of the molecule is COC[C@H](C)NC(=O)C[CH]c1ccccc1C(N)=O. The van der Waals surface area contributed by atoms with E-state index in [-0.39, 0.29) is 18.4 Å². The van der Waals surface area contributed by atoms with Crippen LogP contribution in [0.15, 0.2) is 24.3 Å². The number of hydrogen-bond donors (Lipinski definition) is 2. The number of methoxy groups -OCH3 is 1. The maximum Gasteiger partial charge on any atom is 0.248 e. The number of rotatable bonds is 7. The van der Waals surface area contributed by atoms with Crippen molar-refractivity contribution in [2.24, 2.45) is 5.73 Å². The molecule has 2 amide bonds. The Kier molecular flexibility index (Phi) is 6.02. The van der Waals surface area contributed by atoms with Crippen LogP contribution in [0, 0.1) is 6.42 Å². The summed E-state index contributed by atoms with van der Waals surface area (Å²) in [5.41, 5.74) is 6.35. The molecule has 1 aromatic rings. The minimum Gasteiger partial charge on any atom is -0.383 e. The molecule has 0 heterocycles. The van der Waals surface area contributed by atoms with E-state index in [0.29, 0.717) is 17.7 Å². The smallest absolute Gasteiger partial charge is 0.248 e. The summed E-state index contributed by atoms with van der Waals surface area (Å²) in [7, 11) is 1.58. The van der Waals surface area contributed by atoms with Crippen LogP contribution in [0.3, 0.4) is 0 Å². The lowest BCUT2D eigenvalue weighted by Gasteiger charge is -2.13. The highest BCUT2D eigenvalue weighted by molar-refractivity contribution is 5.95. The van der Waals surface area contributed by atoms with Crippen molar-refractivity contribution in [2.75, 3.05) is 13.7 Å². The number of carbonyl (C=O) groups is 2. The third-order valence-electron chi connectivity index (χ3n) is 2.56. The Hall–Kier alpha value is -1.88. The van der Waals surface area contributed by atoms with Gasteiger partial charge in [0.25, 0.3) is 0 Å². The number of ether oxygens (including phenoxy) is 1. The van der Waals surface area contributed by atoms with Crippen LogP contribution in [-0.4, -0.2) is 31.6 Å². The summed E-state index contributed by atoms with van der Waals surface area (Å²) in [5, 5.41) is 2.79. The third kappa shape index (κ3) is 5.09. The quantitative estimate of drug-likeness (QED) is 0.766. The lowest BCUT2D eigenvalue weighted by Crippen LogP contribution is -2.35. The van der Waals surface area contributed by atoms with Gasteiger partial charge in [-0.2, -0.15) is 0 Å². The molecule has 0 aliphatic heterocycles. The molecule has 1 aromatic carbocycles. The van der Waals surface area contributed by atoms with Gasteiger partial charge in [0.05, 0.1) is 6.61 Å². The standard InChI is InChI=1S/C14H19N2O3/c1-10(9-19-2)16-13(17)8-7-11-5-3-4-6-12(11)14(15)18/h3-7,10H,8-9H2,1-2H3,(H2,15,18)(H,16,17)/t10-/m0/s1. The van der Waals surface area contributed by atoms with E-state index < -0.39 is 5.91 Å². The molecule has 0 saturated carbocycles. The van der Waals surface area contributed by atoms with E-state index in [2.05, 4.69) is 5.32 Å². The maximum atomic E-state index is 11.7. The fourth-order valence-corrected chi connectivity index (χ4v) is 1.73. The van der Waals surface area contributed by atoms with E-state index in [0.717, 1.165) is 0 Å². The molecule has 3 N–H and O–H groups in total. The first-order chi connectivity index (χ1) is 9.04. The van der Waals surface area contributed by atoms with E-state index in [4.69, 9.17) is 10.5 Å². The zero-order valence-electron chi connectivity index (χ0n) is 11.2. The van der Waals surface area contributed by atoms with Gasteiger partial charge < -0.3 is 15.8 Å². The van der Waals surface area contributed by atoms with Gasteiger partial charge in [0.15, 0.2) is 0 Å². The van der Waals surface area contributed by atoms with Gasteiger partial charge in [0.2, 0.25) is 11.8 Å². The van der Waals surface area contributed by atoms with Gasteiger partial charge in [-0.3, -0.25) is 9.59 Å². The lowest BCUT2D eigenvalue weighted by molar-refractivity contribution is -0.121. The molecule has 1 rings (SSSR count). The monoisotopic (exact) mass is 263 g/mol. The molecule has 5 nitrogen and oxygen atoms in total. The Balaban J connectivity index is 2.53. The zero-order chi connectivity index (χ0) is 14.3. The predicted octanol–water partition coefficient (Wildman–Crippen LogP) is 0.879. The van der Waals surface area contributed by atoms with Crippen molar-refractivity contribution in [3.63, 3.8) is 0 Å². The Bertz CT molecular complexity index is 446. The largest absolute Gasteiger partial charge is 0.383 e. The number of amides is 2. The van der Waals surface area contributed by atoms with Crippen LogP contribution in [0.2, 0.25) is 0 Å². The van der Waals surface area contributed by atoms with Crippen LogP contribution in [0.25, 0.3) is 0 Å². The number of primary amides is 1. The van der Waals surface area contributed by atoms with Gasteiger partial charge in [-0.25, -0.2) is 0 Å². The maximum absolute atomic E-state index is 11.7. The Morgan fingerprint density at radius 2 is 2.11 bits per heavy atom. The molecule has 0 unspecified atom stereocenters. The van der Waals surface area contributed by atoms with Crippen LogP contribution < -0.4 is 11.1 Å². The molecule has 0 saturated heterocycles. The number of hydrogen-bond acceptors (Lipinski definition) is 3. The van der Waals surface area contributed by atoms with E-state index in [1.807, 2.05) is 6.92 Å². The van der Waals surface area contributed by atoms with E-state index in [9.17, 15) is 9.59 Å². The molecular weight excluding hydrogens is 244 g/mol. The summed E-state index contributed by atoms with van der Waals surface area (Å²) >= 11 is 0. The van der Waals surface area contributed by atoms with Crippen LogP contribution >= 0.6 is 0 Å². The Labute approximate surface area is 113 Å². The lowest BCUT2D eigenvalue weighted by atomic mass is 10.0. The second-order valence-electron chi connectivity index (χ2n) is 4.28. The highest BCUT2D eigenvalue weighted by Gasteiger charge is 2.11. The molecule has 0 aliphatic carbocycles. The van der Waals surface area contributed by atoms with Crippen molar-refractivity contribution >= 4 is 11.8 Å². The first kappa shape index (κ1) is 15.2. The molecule has 1 radical (unpaired) electrons. The molecule has 0 fully saturated rings. The van der Waals surface area contributed by atoms with Crippen molar-refractivity contribution in [1.29, 1.82) is 0 Å². The minimum atomic E-state index is -0.500. The highest BCUT2D eigenvalue weighted by Crippen LogP contribution is 2.12. The summed E-state index contributed by atoms with van der Waals surface area (Å²) in [4.78, 5) is 22.9. The normalized spacial score (nSPS) is 11.9. The molecule has 1 atom stereocenters. The molecule has 0 aromatic heterocycles. The van der Waals surface area contributed by atoms with Gasteiger partial charge in [-0.1, -0.05) is 18.2 Å². The van der Waals surface area contributed by atoms with Gasteiger partial charge in [0.1, 0.15) is 0 Å². The number of nitrogens with one attached hydrogen (secondary N) is 1. The van der Waals surface area contributed by atoms with Crippen LogP contribution in [-0.2, 0) is 9.53 Å². The van der Waals surface area contributed by atoms with E-state index in [1.54, 1.807) is 37.8 Å². The highest BCUT2D eigenvalue weighted by atomic mass is 16.5. The average molecular weight is 263 g/mol. The molecule has 0 bridgehead atoms. The summed E-state index contributed by atoms with van der Waals surface area (Å²) in [6.45, 7) is 2.32. The summed E-state index contributed by atoms with van der Waals surface area (Å²) in [6, 6.07) is 6.88. The number of nitrogens with two attached hydrogens (primary N) is 1. The van der Waals surface area contributed by atoms with Crippen LogP contribution in [0.1, 0.15) is 29.3 Å². The third-order valence-corrected chi connectivity index (χ3v) is 2.56. The predicted molar refractivity (Wildman–Crippen MR) is 72.5 cm³/mol. The number of carbonyl (C=O) groups excluding carboxylic acids is 2. The van der Waals surface area contributed by atoms with Crippen LogP contribution in [0.5, 0.6) is 0 Å². The van der Waals surface area contributed by atoms with Gasteiger partial charge in [-0.05, 0) is 18.6 Å². The van der Waals surface area contributed by atoms with Crippen molar-refractivity contribution in [1.82, 2.24) is 5.32 Å². The topological polar surface area (TPSA) is 81.4 Å². The molecular formula is C14H19N2O3. The Morgan fingerprint density at radius 3 is 2.74 bits per heavy atom.